The zero-order valence-electron chi connectivity index (χ0n) is 11.9. The van der Waals surface area contributed by atoms with E-state index < -0.39 is 0 Å². The lowest BCUT2D eigenvalue weighted by atomic mass is 10.1. The number of carbonyl (C=O) groups is 1. The lowest BCUT2D eigenvalue weighted by molar-refractivity contribution is -0.133. The number of nitrogens with two attached hydrogens (primary N) is 1. The van der Waals surface area contributed by atoms with E-state index in [-0.39, 0.29) is 0 Å². The second kappa shape index (κ2) is 6.09. The Bertz CT molecular complexity index is 427. The Hall–Kier alpha value is -1.51. The van der Waals surface area contributed by atoms with E-state index in [1.54, 1.807) is 0 Å². The summed E-state index contributed by atoms with van der Waals surface area (Å²) in [7, 11) is 0. The van der Waals surface area contributed by atoms with Crippen molar-refractivity contribution in [3.63, 3.8) is 0 Å². The minimum absolute atomic E-state index is 0.300. The highest BCUT2D eigenvalue weighted by Crippen LogP contribution is 2.27. The van der Waals surface area contributed by atoms with Crippen LogP contribution in [-0.4, -0.2) is 22.9 Å². The fourth-order valence-corrected chi connectivity index (χ4v) is 2.99. The normalized spacial score (nSPS) is 22.7. The monoisotopic (exact) mass is 260 g/mol. The summed E-state index contributed by atoms with van der Waals surface area (Å²) in [5.74, 6) is 0.300. The van der Waals surface area contributed by atoms with Gasteiger partial charge in [-0.1, -0.05) is 19.1 Å². The first kappa shape index (κ1) is 13.9. The van der Waals surface area contributed by atoms with Crippen molar-refractivity contribution in [1.29, 1.82) is 0 Å². The molecule has 1 fully saturated rings. The number of carbonyl (C=O) groups excluding carboxylic acids is 1. The SMILES string of the molecule is CCC1CCC(C)N1C(=O)CCc1ccc(N)cc1. The molecule has 104 valence electrons. The van der Waals surface area contributed by atoms with E-state index in [1.807, 2.05) is 24.3 Å². The van der Waals surface area contributed by atoms with Crippen LogP contribution in [0.2, 0.25) is 0 Å². The quantitative estimate of drug-likeness (QED) is 0.846. The third-order valence-electron chi connectivity index (χ3n) is 4.15. The number of nitrogen functional groups attached to an aromatic ring is 1. The molecule has 1 aliphatic rings. The Morgan fingerprint density at radius 3 is 2.63 bits per heavy atom. The van der Waals surface area contributed by atoms with Crippen molar-refractivity contribution in [3.8, 4) is 0 Å². The first-order chi connectivity index (χ1) is 9.11. The first-order valence-electron chi connectivity index (χ1n) is 7.27. The van der Waals surface area contributed by atoms with Crippen LogP contribution in [-0.2, 0) is 11.2 Å². The fourth-order valence-electron chi connectivity index (χ4n) is 2.99. The second-order valence-corrected chi connectivity index (χ2v) is 5.53. The lowest BCUT2D eigenvalue weighted by Crippen LogP contribution is -2.39. The average Bonchev–Trinajstić information content (AvgIpc) is 2.79. The van der Waals surface area contributed by atoms with E-state index in [0.717, 1.165) is 31.4 Å². The van der Waals surface area contributed by atoms with Crippen molar-refractivity contribution in [3.05, 3.63) is 29.8 Å². The summed E-state index contributed by atoms with van der Waals surface area (Å²) in [4.78, 5) is 14.5. The first-order valence-corrected chi connectivity index (χ1v) is 7.27. The number of anilines is 1. The summed E-state index contributed by atoms with van der Waals surface area (Å²) in [5.41, 5.74) is 7.62. The number of benzene rings is 1. The van der Waals surface area contributed by atoms with Gasteiger partial charge < -0.3 is 10.6 Å². The molecule has 1 aliphatic heterocycles. The molecule has 1 aromatic carbocycles. The molecule has 0 radical (unpaired) electrons. The highest BCUT2D eigenvalue weighted by molar-refractivity contribution is 5.77. The largest absolute Gasteiger partial charge is 0.399 e. The van der Waals surface area contributed by atoms with Crippen LogP contribution in [0.5, 0.6) is 0 Å². The van der Waals surface area contributed by atoms with E-state index in [1.165, 1.54) is 5.56 Å². The van der Waals surface area contributed by atoms with Crippen LogP contribution in [0.25, 0.3) is 0 Å². The Kier molecular flexibility index (Phi) is 4.46. The van der Waals surface area contributed by atoms with E-state index in [2.05, 4.69) is 18.7 Å². The number of aryl methyl sites for hydroxylation is 1. The van der Waals surface area contributed by atoms with Gasteiger partial charge >= 0.3 is 0 Å². The van der Waals surface area contributed by atoms with E-state index in [4.69, 9.17) is 5.73 Å². The molecule has 1 saturated heterocycles. The molecule has 2 N–H and O–H groups in total. The predicted octanol–water partition coefficient (Wildman–Crippen LogP) is 2.99. The van der Waals surface area contributed by atoms with Crippen LogP contribution in [0.3, 0.4) is 0 Å². The Labute approximate surface area is 115 Å². The van der Waals surface area contributed by atoms with Crippen molar-refractivity contribution < 1.29 is 4.79 Å². The second-order valence-electron chi connectivity index (χ2n) is 5.53. The number of amides is 1. The van der Waals surface area contributed by atoms with Gasteiger partial charge in [-0.15, -0.1) is 0 Å². The van der Waals surface area contributed by atoms with Crippen LogP contribution in [0.4, 0.5) is 5.69 Å². The Morgan fingerprint density at radius 2 is 2.00 bits per heavy atom. The van der Waals surface area contributed by atoms with Gasteiger partial charge in [-0.2, -0.15) is 0 Å². The van der Waals surface area contributed by atoms with Crippen LogP contribution in [0.15, 0.2) is 24.3 Å². The number of rotatable bonds is 4. The minimum Gasteiger partial charge on any atom is -0.399 e. The maximum Gasteiger partial charge on any atom is 0.223 e. The van der Waals surface area contributed by atoms with Gasteiger partial charge in [-0.3, -0.25) is 4.79 Å². The van der Waals surface area contributed by atoms with Crippen molar-refractivity contribution in [2.75, 3.05) is 5.73 Å². The Balaban J connectivity index is 1.92. The molecule has 0 bridgehead atoms. The third-order valence-corrected chi connectivity index (χ3v) is 4.15. The van der Waals surface area contributed by atoms with Gasteiger partial charge in [-0.05, 0) is 50.3 Å². The standard InChI is InChI=1S/C16H24N2O/c1-3-15-10-4-12(2)18(15)16(19)11-7-13-5-8-14(17)9-6-13/h5-6,8-9,12,15H,3-4,7,10-11,17H2,1-2H3. The average molecular weight is 260 g/mol. The van der Waals surface area contributed by atoms with Gasteiger partial charge in [0.1, 0.15) is 0 Å². The highest BCUT2D eigenvalue weighted by Gasteiger charge is 2.32. The molecule has 3 heteroatoms. The zero-order valence-corrected chi connectivity index (χ0v) is 11.9. The van der Waals surface area contributed by atoms with E-state index in [0.29, 0.717) is 24.4 Å². The van der Waals surface area contributed by atoms with Crippen LogP contribution < -0.4 is 5.73 Å². The molecule has 0 spiro atoms. The van der Waals surface area contributed by atoms with Crippen LogP contribution in [0.1, 0.15) is 45.1 Å². The summed E-state index contributed by atoms with van der Waals surface area (Å²) in [5, 5.41) is 0. The number of hydrogen-bond acceptors (Lipinski definition) is 2. The number of nitrogens with zero attached hydrogens (tertiary/aromatic N) is 1. The minimum atomic E-state index is 0.300. The van der Waals surface area contributed by atoms with Gasteiger partial charge in [0.2, 0.25) is 5.91 Å². The molecule has 2 unspecified atom stereocenters. The molecule has 1 heterocycles. The third kappa shape index (κ3) is 3.28. The van der Waals surface area contributed by atoms with Gasteiger partial charge in [0, 0.05) is 24.2 Å². The summed E-state index contributed by atoms with van der Waals surface area (Å²) >= 11 is 0. The molecule has 19 heavy (non-hydrogen) atoms. The van der Waals surface area contributed by atoms with Gasteiger partial charge in [0.05, 0.1) is 0 Å². The molecule has 3 nitrogen and oxygen atoms in total. The van der Waals surface area contributed by atoms with Gasteiger partial charge in [0.25, 0.3) is 0 Å². The molecule has 1 amide bonds. The Morgan fingerprint density at radius 1 is 1.32 bits per heavy atom. The van der Waals surface area contributed by atoms with Crippen LogP contribution >= 0.6 is 0 Å². The van der Waals surface area contributed by atoms with E-state index in [9.17, 15) is 4.79 Å². The van der Waals surface area contributed by atoms with Crippen molar-refractivity contribution >= 4 is 11.6 Å². The predicted molar refractivity (Wildman–Crippen MR) is 78.8 cm³/mol. The van der Waals surface area contributed by atoms with Crippen molar-refractivity contribution in [2.45, 2.75) is 58.0 Å². The van der Waals surface area contributed by atoms with Crippen LogP contribution in [0, 0.1) is 0 Å². The topological polar surface area (TPSA) is 46.3 Å². The van der Waals surface area contributed by atoms with E-state index >= 15 is 0 Å². The van der Waals surface area contributed by atoms with Crippen molar-refractivity contribution in [2.24, 2.45) is 0 Å². The summed E-state index contributed by atoms with van der Waals surface area (Å²) in [6.07, 6.45) is 4.78. The number of hydrogen-bond donors (Lipinski definition) is 1. The maximum atomic E-state index is 12.4. The van der Waals surface area contributed by atoms with Gasteiger partial charge in [0.15, 0.2) is 0 Å². The molecule has 0 aromatic heterocycles. The lowest BCUT2D eigenvalue weighted by Gasteiger charge is -2.28. The number of likely N-dealkylation sites (tertiary alicyclic amines) is 1. The van der Waals surface area contributed by atoms with Crippen molar-refractivity contribution in [1.82, 2.24) is 4.90 Å². The summed E-state index contributed by atoms with van der Waals surface area (Å²) in [6, 6.07) is 8.67. The zero-order chi connectivity index (χ0) is 13.8. The molecule has 2 rings (SSSR count). The molecule has 0 aliphatic carbocycles. The summed E-state index contributed by atoms with van der Waals surface area (Å²) < 4.78 is 0. The highest BCUT2D eigenvalue weighted by atomic mass is 16.2. The fraction of sp³-hybridized carbons (Fsp3) is 0.562. The molecule has 0 saturated carbocycles. The summed E-state index contributed by atoms with van der Waals surface area (Å²) in [6.45, 7) is 4.33. The molecule has 1 aromatic rings. The molecular formula is C16H24N2O. The van der Waals surface area contributed by atoms with Gasteiger partial charge in [-0.25, -0.2) is 0 Å². The molecular weight excluding hydrogens is 236 g/mol. The molecule has 2 atom stereocenters. The maximum absolute atomic E-state index is 12.4. The smallest absolute Gasteiger partial charge is 0.223 e.